The molecular formula is C19H21N3O3. The maximum atomic E-state index is 12.2. The standard InChI is InChI=1S/C19H21N3O3/c1-3-12(2)13-8-4-6-10-15(13)21-18(24)19(25)22-16-11-7-5-9-14(16)17(20)23/h4-12H,3H2,1-2H3,(H2,20,23)(H,21,24)(H,22,25). The minimum atomic E-state index is -0.868. The van der Waals surface area contributed by atoms with Gasteiger partial charge in [0.15, 0.2) is 0 Å². The highest BCUT2D eigenvalue weighted by Crippen LogP contribution is 2.26. The van der Waals surface area contributed by atoms with Crippen molar-refractivity contribution in [2.75, 3.05) is 10.6 Å². The Morgan fingerprint density at radius 1 is 0.920 bits per heavy atom. The highest BCUT2D eigenvalue weighted by atomic mass is 16.2. The van der Waals surface area contributed by atoms with Gasteiger partial charge in [-0.15, -0.1) is 0 Å². The van der Waals surface area contributed by atoms with Crippen LogP contribution >= 0.6 is 0 Å². The lowest BCUT2D eigenvalue weighted by Crippen LogP contribution is -2.30. The van der Waals surface area contributed by atoms with Gasteiger partial charge < -0.3 is 16.4 Å². The van der Waals surface area contributed by atoms with Crippen molar-refractivity contribution in [1.29, 1.82) is 0 Å². The van der Waals surface area contributed by atoms with E-state index in [1.807, 2.05) is 19.1 Å². The summed E-state index contributed by atoms with van der Waals surface area (Å²) in [6.07, 6.45) is 0.908. The largest absolute Gasteiger partial charge is 0.366 e. The molecule has 0 saturated heterocycles. The Balaban J connectivity index is 2.15. The third-order valence-electron chi connectivity index (χ3n) is 4.00. The molecule has 2 aromatic rings. The quantitative estimate of drug-likeness (QED) is 0.730. The first kappa shape index (κ1) is 18.2. The van der Waals surface area contributed by atoms with Gasteiger partial charge in [-0.05, 0) is 36.1 Å². The Hall–Kier alpha value is -3.15. The molecule has 0 radical (unpaired) electrons. The van der Waals surface area contributed by atoms with E-state index in [4.69, 9.17) is 5.73 Å². The Morgan fingerprint density at radius 3 is 2.04 bits per heavy atom. The second-order valence-corrected chi connectivity index (χ2v) is 5.71. The molecule has 2 rings (SSSR count). The second-order valence-electron chi connectivity index (χ2n) is 5.71. The van der Waals surface area contributed by atoms with Gasteiger partial charge in [0.05, 0.1) is 11.3 Å². The molecule has 130 valence electrons. The molecule has 2 aromatic carbocycles. The monoisotopic (exact) mass is 339 g/mol. The number of para-hydroxylation sites is 2. The number of benzene rings is 2. The zero-order chi connectivity index (χ0) is 18.4. The Morgan fingerprint density at radius 2 is 1.44 bits per heavy atom. The molecule has 0 aromatic heterocycles. The summed E-state index contributed by atoms with van der Waals surface area (Å²) in [5, 5.41) is 5.05. The summed E-state index contributed by atoms with van der Waals surface area (Å²) in [7, 11) is 0. The Labute approximate surface area is 146 Å². The summed E-state index contributed by atoms with van der Waals surface area (Å²) in [5.41, 5.74) is 7.17. The van der Waals surface area contributed by atoms with Crippen molar-refractivity contribution < 1.29 is 14.4 Å². The molecule has 0 bridgehead atoms. The fraction of sp³-hybridized carbons (Fsp3) is 0.211. The number of rotatable bonds is 5. The smallest absolute Gasteiger partial charge is 0.314 e. The van der Waals surface area contributed by atoms with Crippen LogP contribution in [0.1, 0.15) is 42.1 Å². The van der Waals surface area contributed by atoms with Crippen molar-refractivity contribution in [3.8, 4) is 0 Å². The second kappa shape index (κ2) is 8.10. The summed E-state index contributed by atoms with van der Waals surface area (Å²) in [6, 6.07) is 13.6. The van der Waals surface area contributed by atoms with Crippen LogP contribution in [0.4, 0.5) is 11.4 Å². The number of anilines is 2. The molecule has 25 heavy (non-hydrogen) atoms. The van der Waals surface area contributed by atoms with E-state index in [2.05, 4.69) is 17.6 Å². The van der Waals surface area contributed by atoms with Crippen molar-refractivity contribution in [3.63, 3.8) is 0 Å². The first-order valence-electron chi connectivity index (χ1n) is 8.04. The number of amides is 3. The number of nitrogens with one attached hydrogen (secondary N) is 2. The molecule has 4 N–H and O–H groups in total. The third kappa shape index (κ3) is 4.44. The first-order valence-corrected chi connectivity index (χ1v) is 8.04. The molecule has 6 heteroatoms. The zero-order valence-electron chi connectivity index (χ0n) is 14.2. The first-order chi connectivity index (χ1) is 11.9. The van der Waals surface area contributed by atoms with Gasteiger partial charge in [-0.2, -0.15) is 0 Å². The van der Waals surface area contributed by atoms with Crippen LogP contribution in [0.5, 0.6) is 0 Å². The van der Waals surface area contributed by atoms with Gasteiger partial charge in [0.1, 0.15) is 0 Å². The summed E-state index contributed by atoms with van der Waals surface area (Å²) in [5.74, 6) is -2.11. The van der Waals surface area contributed by atoms with Crippen LogP contribution in [0.3, 0.4) is 0 Å². The summed E-state index contributed by atoms with van der Waals surface area (Å²) < 4.78 is 0. The SMILES string of the molecule is CCC(C)c1ccccc1NC(=O)C(=O)Nc1ccccc1C(N)=O. The average molecular weight is 339 g/mol. The molecule has 0 saturated carbocycles. The van der Waals surface area contributed by atoms with E-state index in [0.717, 1.165) is 12.0 Å². The van der Waals surface area contributed by atoms with Gasteiger partial charge in [0, 0.05) is 5.69 Å². The van der Waals surface area contributed by atoms with Crippen molar-refractivity contribution in [2.45, 2.75) is 26.2 Å². The predicted octanol–water partition coefficient (Wildman–Crippen LogP) is 2.88. The van der Waals surface area contributed by atoms with Crippen LogP contribution in [-0.4, -0.2) is 17.7 Å². The minimum absolute atomic E-state index is 0.142. The molecule has 6 nitrogen and oxygen atoms in total. The average Bonchev–Trinajstić information content (AvgIpc) is 2.61. The molecule has 0 spiro atoms. The van der Waals surface area contributed by atoms with Gasteiger partial charge in [0.25, 0.3) is 5.91 Å². The van der Waals surface area contributed by atoms with Crippen LogP contribution in [0.2, 0.25) is 0 Å². The van der Waals surface area contributed by atoms with Gasteiger partial charge >= 0.3 is 11.8 Å². The fourth-order valence-corrected chi connectivity index (χ4v) is 2.43. The van der Waals surface area contributed by atoms with E-state index < -0.39 is 17.7 Å². The maximum absolute atomic E-state index is 12.2. The number of primary amides is 1. The lowest BCUT2D eigenvalue weighted by Gasteiger charge is -2.15. The molecule has 0 aliphatic carbocycles. The number of carbonyl (C=O) groups excluding carboxylic acids is 3. The molecule has 1 unspecified atom stereocenters. The maximum Gasteiger partial charge on any atom is 0.314 e. The van der Waals surface area contributed by atoms with Crippen LogP contribution in [0.15, 0.2) is 48.5 Å². The highest BCUT2D eigenvalue weighted by molar-refractivity contribution is 6.44. The normalized spacial score (nSPS) is 11.4. The minimum Gasteiger partial charge on any atom is -0.366 e. The number of hydrogen-bond acceptors (Lipinski definition) is 3. The van der Waals surface area contributed by atoms with Crippen LogP contribution in [0, 0.1) is 0 Å². The molecule has 0 heterocycles. The van der Waals surface area contributed by atoms with Crippen LogP contribution in [0.25, 0.3) is 0 Å². The van der Waals surface area contributed by atoms with Crippen LogP contribution in [-0.2, 0) is 9.59 Å². The highest BCUT2D eigenvalue weighted by Gasteiger charge is 2.19. The molecule has 0 fully saturated rings. The molecule has 0 aliphatic heterocycles. The lowest BCUT2D eigenvalue weighted by atomic mass is 9.97. The third-order valence-corrected chi connectivity index (χ3v) is 4.00. The van der Waals surface area contributed by atoms with E-state index in [0.29, 0.717) is 5.69 Å². The summed E-state index contributed by atoms with van der Waals surface area (Å²) in [6.45, 7) is 4.10. The van der Waals surface area contributed by atoms with E-state index in [-0.39, 0.29) is 17.2 Å². The zero-order valence-corrected chi connectivity index (χ0v) is 14.2. The Kier molecular flexibility index (Phi) is 5.89. The van der Waals surface area contributed by atoms with E-state index in [9.17, 15) is 14.4 Å². The lowest BCUT2D eigenvalue weighted by molar-refractivity contribution is -0.133. The number of carbonyl (C=O) groups is 3. The van der Waals surface area contributed by atoms with Crippen molar-refractivity contribution in [3.05, 3.63) is 59.7 Å². The summed E-state index contributed by atoms with van der Waals surface area (Å²) in [4.78, 5) is 35.8. The van der Waals surface area contributed by atoms with Crippen molar-refractivity contribution in [2.24, 2.45) is 5.73 Å². The molecule has 0 aliphatic rings. The number of hydrogen-bond donors (Lipinski definition) is 3. The topological polar surface area (TPSA) is 101 Å². The van der Waals surface area contributed by atoms with E-state index >= 15 is 0 Å². The molecular weight excluding hydrogens is 318 g/mol. The van der Waals surface area contributed by atoms with E-state index in [1.165, 1.54) is 12.1 Å². The van der Waals surface area contributed by atoms with Gasteiger partial charge in [-0.25, -0.2) is 0 Å². The number of nitrogens with two attached hydrogens (primary N) is 1. The van der Waals surface area contributed by atoms with Gasteiger partial charge in [0.2, 0.25) is 0 Å². The van der Waals surface area contributed by atoms with Gasteiger partial charge in [-0.1, -0.05) is 44.2 Å². The Bertz CT molecular complexity index is 802. The fourth-order valence-electron chi connectivity index (χ4n) is 2.43. The van der Waals surface area contributed by atoms with Crippen molar-refractivity contribution >= 4 is 29.1 Å². The van der Waals surface area contributed by atoms with Crippen LogP contribution < -0.4 is 16.4 Å². The molecule has 3 amide bonds. The van der Waals surface area contributed by atoms with Crippen molar-refractivity contribution in [1.82, 2.24) is 0 Å². The van der Waals surface area contributed by atoms with E-state index in [1.54, 1.807) is 24.3 Å². The molecule has 1 atom stereocenters. The summed E-state index contributed by atoms with van der Waals surface area (Å²) >= 11 is 0. The van der Waals surface area contributed by atoms with Gasteiger partial charge in [-0.3, -0.25) is 14.4 Å². The predicted molar refractivity (Wildman–Crippen MR) is 97.4 cm³/mol.